The number of fused-ring (bicyclic) bond motifs is 1. The molecule has 1 aliphatic heterocycles. The lowest BCUT2D eigenvalue weighted by molar-refractivity contribution is -0.137. The van der Waals surface area contributed by atoms with Gasteiger partial charge in [0, 0.05) is 30.7 Å². The van der Waals surface area contributed by atoms with Gasteiger partial charge in [0.05, 0.1) is 19.5 Å². The second-order valence-corrected chi connectivity index (χ2v) is 21.7. The highest BCUT2D eigenvalue weighted by Gasteiger charge is 2.50. The van der Waals surface area contributed by atoms with Gasteiger partial charge in [0.1, 0.15) is 36.3 Å². The second kappa shape index (κ2) is 30.9. The number of rotatable bonds is 33. The summed E-state index contributed by atoms with van der Waals surface area (Å²) in [5, 5.41) is 26.3. The zero-order chi connectivity index (χ0) is 52.5. The van der Waals surface area contributed by atoms with Crippen molar-refractivity contribution in [3.8, 4) is 0 Å². The fourth-order valence-electron chi connectivity index (χ4n) is 6.24. The van der Waals surface area contributed by atoms with Gasteiger partial charge in [-0.1, -0.05) is 112 Å². The van der Waals surface area contributed by atoms with E-state index in [-0.39, 0.29) is 41.6 Å². The molecule has 2 aromatic heterocycles. The van der Waals surface area contributed by atoms with Crippen LogP contribution in [0.2, 0.25) is 0 Å². The Morgan fingerprint density at radius 1 is 0.887 bits per heavy atom. The Hall–Kier alpha value is -4.00. The lowest BCUT2D eigenvalue weighted by Crippen LogP contribution is -2.46. The zero-order valence-corrected chi connectivity index (χ0v) is 43.2. The lowest BCUT2D eigenvalue weighted by atomic mass is 9.87. The summed E-state index contributed by atoms with van der Waals surface area (Å²) in [6, 6.07) is 0. The van der Waals surface area contributed by atoms with Crippen LogP contribution in [0.15, 0.2) is 85.6 Å². The normalized spacial score (nSPS) is 20.3. The fraction of sp³-hybridized carbons (Fsp3) is 0.535. The molecule has 396 valence electrons. The van der Waals surface area contributed by atoms with Gasteiger partial charge in [-0.25, -0.2) is 28.6 Å². The number of aromatic nitrogens is 4. The zero-order valence-electron chi connectivity index (χ0n) is 39.7. The van der Waals surface area contributed by atoms with Gasteiger partial charge in [0.25, 0.3) is 0 Å². The molecule has 1 saturated heterocycles. The average molecular weight is 1080 g/mol. The molecule has 10 N–H and O–H groups in total. The van der Waals surface area contributed by atoms with Crippen molar-refractivity contribution in [1.82, 2.24) is 30.2 Å². The maximum Gasteiger partial charge on any atom is 0.481 e. The number of aliphatic hydroxyl groups excluding tert-OH is 2. The van der Waals surface area contributed by atoms with Crippen molar-refractivity contribution in [2.75, 3.05) is 37.8 Å². The second-order valence-electron chi connectivity index (χ2n) is 16.3. The van der Waals surface area contributed by atoms with Crippen LogP contribution in [-0.4, -0.2) is 123 Å². The van der Waals surface area contributed by atoms with Crippen LogP contribution >= 0.6 is 35.2 Å². The van der Waals surface area contributed by atoms with Gasteiger partial charge in [0.15, 0.2) is 17.7 Å². The molecule has 71 heavy (non-hydrogen) atoms. The number of aliphatic hydroxyl groups is 2. The number of phosphoric ester groups is 3. The van der Waals surface area contributed by atoms with Crippen LogP contribution in [-0.2, 0) is 50.7 Å². The number of thioether (sulfide) groups is 1. The van der Waals surface area contributed by atoms with Crippen molar-refractivity contribution in [2.24, 2.45) is 5.41 Å². The Balaban J connectivity index is 1.31. The third-order valence-electron chi connectivity index (χ3n) is 9.96. The number of phosphoric acid groups is 3. The van der Waals surface area contributed by atoms with Gasteiger partial charge < -0.3 is 50.9 Å². The van der Waals surface area contributed by atoms with E-state index in [1.807, 2.05) is 12.2 Å². The largest absolute Gasteiger partial charge is 0.481 e. The van der Waals surface area contributed by atoms with E-state index >= 15 is 0 Å². The number of carbonyl (C=O) groups is 3. The van der Waals surface area contributed by atoms with E-state index in [0.717, 1.165) is 61.1 Å². The Labute approximate surface area is 416 Å². The summed E-state index contributed by atoms with van der Waals surface area (Å²) in [6.07, 6.45) is 25.4. The highest BCUT2D eigenvalue weighted by Crippen LogP contribution is 2.61. The molecule has 0 radical (unpaired) electrons. The van der Waals surface area contributed by atoms with Crippen LogP contribution in [0.1, 0.15) is 84.8 Å². The SMILES string of the molecule is CCCCC/C=C\C/C=C\C/C=C\C/C=C\C/C=C\C=C\C(=O)SCCNC(=O)CCNC(=O)[C@H](O)C(C)(C)COP(=O)(O)OP(=O)(O)OC[C@H]1O[C@@H](n2cnc3c(N)ncnc32)[C@H](O)[C@@H]1OP(=O)(O)O. The van der Waals surface area contributed by atoms with Crippen LogP contribution in [0.4, 0.5) is 5.82 Å². The van der Waals surface area contributed by atoms with Gasteiger partial charge in [-0.05, 0) is 44.6 Å². The van der Waals surface area contributed by atoms with Crippen molar-refractivity contribution in [2.45, 2.75) is 109 Å². The number of hydrogen-bond acceptors (Lipinski definition) is 18. The number of imidazole rings is 1. The molecular weight excluding hydrogens is 1010 g/mol. The maximum absolute atomic E-state index is 12.7. The Kier molecular flexibility index (Phi) is 26.7. The van der Waals surface area contributed by atoms with Gasteiger partial charge in [-0.2, -0.15) is 4.31 Å². The summed E-state index contributed by atoms with van der Waals surface area (Å²) < 4.78 is 62.4. The highest BCUT2D eigenvalue weighted by molar-refractivity contribution is 8.14. The molecule has 0 aliphatic carbocycles. The predicted octanol–water partition coefficient (Wildman–Crippen LogP) is 5.14. The minimum Gasteiger partial charge on any atom is -0.386 e. The molecular formula is C43H66N7O17P3S. The summed E-state index contributed by atoms with van der Waals surface area (Å²) in [6.45, 7) is 2.63. The summed E-state index contributed by atoms with van der Waals surface area (Å²) >= 11 is 1.01. The monoisotopic (exact) mass is 1080 g/mol. The fourth-order valence-corrected chi connectivity index (χ4v) is 9.65. The number of nitrogen functional groups attached to an aromatic ring is 1. The number of nitrogens with zero attached hydrogens (tertiary/aromatic N) is 4. The Morgan fingerprint density at radius 2 is 1.52 bits per heavy atom. The van der Waals surface area contributed by atoms with Crippen molar-refractivity contribution < 1.29 is 80.5 Å². The number of allylic oxidation sites excluding steroid dienone is 11. The first kappa shape index (κ1) is 61.3. The summed E-state index contributed by atoms with van der Waals surface area (Å²) in [4.78, 5) is 88.3. The molecule has 1 fully saturated rings. The quantitative estimate of drug-likeness (QED) is 0.0147. The summed E-state index contributed by atoms with van der Waals surface area (Å²) in [5.41, 5.74) is 4.26. The molecule has 24 nitrogen and oxygen atoms in total. The van der Waals surface area contributed by atoms with Crippen molar-refractivity contribution in [1.29, 1.82) is 0 Å². The first-order chi connectivity index (χ1) is 33.6. The van der Waals surface area contributed by atoms with E-state index in [9.17, 15) is 57.9 Å². The van der Waals surface area contributed by atoms with E-state index in [4.69, 9.17) is 19.5 Å². The molecule has 0 aromatic carbocycles. The van der Waals surface area contributed by atoms with E-state index in [2.05, 4.69) is 83.9 Å². The maximum atomic E-state index is 12.7. The van der Waals surface area contributed by atoms with Crippen molar-refractivity contribution in [3.05, 3.63) is 85.6 Å². The number of hydrogen-bond donors (Lipinski definition) is 9. The molecule has 3 heterocycles. The molecule has 2 amide bonds. The smallest absolute Gasteiger partial charge is 0.386 e. The number of nitrogens with two attached hydrogens (primary N) is 1. The third kappa shape index (κ3) is 23.6. The molecule has 0 saturated carbocycles. The first-order valence-corrected chi connectivity index (χ1v) is 28.1. The van der Waals surface area contributed by atoms with E-state index in [1.165, 1.54) is 39.2 Å². The molecule has 2 unspecified atom stereocenters. The van der Waals surface area contributed by atoms with Crippen LogP contribution in [0.25, 0.3) is 11.2 Å². The number of ether oxygens (including phenoxy) is 1. The minimum absolute atomic E-state index is 0.0282. The van der Waals surface area contributed by atoms with Gasteiger partial charge in [0.2, 0.25) is 16.9 Å². The van der Waals surface area contributed by atoms with E-state index < -0.39 is 84.6 Å². The molecule has 2 aromatic rings. The number of unbranched alkanes of at least 4 members (excludes halogenated alkanes) is 3. The minimum atomic E-state index is -5.59. The molecule has 1 aliphatic rings. The summed E-state index contributed by atoms with van der Waals surface area (Å²) in [7, 11) is -16.4. The third-order valence-corrected chi connectivity index (χ3v) is 13.9. The Bertz CT molecular complexity index is 2360. The van der Waals surface area contributed by atoms with Crippen molar-refractivity contribution in [3.63, 3.8) is 0 Å². The van der Waals surface area contributed by atoms with E-state index in [1.54, 1.807) is 12.2 Å². The average Bonchev–Trinajstić information content (AvgIpc) is 3.86. The number of carbonyl (C=O) groups excluding carboxylic acids is 3. The van der Waals surface area contributed by atoms with Gasteiger partial charge in [-0.3, -0.25) is 32.5 Å². The van der Waals surface area contributed by atoms with E-state index in [0.29, 0.717) is 5.75 Å². The Morgan fingerprint density at radius 3 is 2.17 bits per heavy atom. The predicted molar refractivity (Wildman–Crippen MR) is 265 cm³/mol. The summed E-state index contributed by atoms with van der Waals surface area (Å²) in [5.74, 6) is -1.19. The molecule has 7 atom stereocenters. The van der Waals surface area contributed by atoms with Crippen LogP contribution in [0.5, 0.6) is 0 Å². The lowest BCUT2D eigenvalue weighted by Gasteiger charge is -2.30. The van der Waals surface area contributed by atoms with Gasteiger partial charge >= 0.3 is 23.5 Å². The standard InChI is InChI=1S/C43H66N7O17P3S/c1-4-5-6-7-8-9-10-11-12-13-14-15-16-17-18-19-20-21-22-23-34(52)71-27-26-45-33(51)24-25-46-41(55)38(54)43(2,3)29-64-70(61,62)67-69(59,60)63-28-32-37(66-68(56,57)58)36(53)42(65-32)50-31-49-35-39(44)47-30-48-40(35)50/h8-9,11-12,14-15,17-18,20-23,30-32,36-38,42,53-54H,4-7,10,13,16,19,24-29H2,1-3H3,(H,45,51)(H,46,55)(H,59,60)(H,61,62)(H2,44,47,48)(H2,56,57,58)/b9-8-,12-11-,15-14-,18-17-,21-20-,23-22+/t32-,36-,37-,38+,42-/m1/s1. The van der Waals surface area contributed by atoms with Gasteiger partial charge in [-0.15, -0.1) is 0 Å². The molecule has 0 bridgehead atoms. The number of nitrogens with one attached hydrogen (secondary N) is 2. The first-order valence-electron chi connectivity index (χ1n) is 22.5. The van der Waals surface area contributed by atoms with Crippen LogP contribution in [0, 0.1) is 5.41 Å². The van der Waals surface area contributed by atoms with Crippen molar-refractivity contribution >= 4 is 69.1 Å². The van der Waals surface area contributed by atoms with Crippen LogP contribution in [0.3, 0.4) is 0 Å². The number of anilines is 1. The molecule has 3 rings (SSSR count). The molecule has 28 heteroatoms. The molecule has 0 spiro atoms. The number of amides is 2. The highest BCUT2D eigenvalue weighted by atomic mass is 32.2. The topological polar surface area (TPSA) is 364 Å². The van der Waals surface area contributed by atoms with Crippen LogP contribution < -0.4 is 16.4 Å².